The first-order chi connectivity index (χ1) is 13.5. The molecular formula is C21H23N3O2S2. The Morgan fingerprint density at radius 1 is 1.25 bits per heavy atom. The highest BCUT2D eigenvalue weighted by atomic mass is 32.2. The fourth-order valence-corrected chi connectivity index (χ4v) is 5.35. The average Bonchev–Trinajstić information content (AvgIpc) is 3.15. The van der Waals surface area contributed by atoms with Gasteiger partial charge in [0.25, 0.3) is 5.56 Å². The zero-order valence-electron chi connectivity index (χ0n) is 16.1. The number of thioether (sulfide) groups is 1. The van der Waals surface area contributed by atoms with Gasteiger partial charge in [0.15, 0.2) is 5.16 Å². The van der Waals surface area contributed by atoms with Crippen molar-refractivity contribution in [3.63, 3.8) is 0 Å². The molecule has 1 aliphatic heterocycles. The van der Waals surface area contributed by atoms with E-state index >= 15 is 0 Å². The molecule has 1 aromatic carbocycles. The number of benzene rings is 1. The van der Waals surface area contributed by atoms with E-state index in [4.69, 9.17) is 0 Å². The van der Waals surface area contributed by atoms with Crippen molar-refractivity contribution in [2.45, 2.75) is 24.9 Å². The van der Waals surface area contributed by atoms with Crippen molar-refractivity contribution in [1.82, 2.24) is 14.5 Å². The highest BCUT2D eigenvalue weighted by Crippen LogP contribution is 2.32. The Bertz CT molecular complexity index is 1050. The summed E-state index contributed by atoms with van der Waals surface area (Å²) < 4.78 is 1.56. The van der Waals surface area contributed by atoms with E-state index in [0.717, 1.165) is 41.2 Å². The molecule has 5 nitrogen and oxygen atoms in total. The second-order valence-corrected chi connectivity index (χ2v) is 9.28. The van der Waals surface area contributed by atoms with Gasteiger partial charge in [-0.15, -0.1) is 11.3 Å². The van der Waals surface area contributed by atoms with Crippen LogP contribution in [0.25, 0.3) is 20.7 Å². The molecule has 0 saturated carbocycles. The highest BCUT2D eigenvalue weighted by Gasteiger charge is 2.21. The summed E-state index contributed by atoms with van der Waals surface area (Å²) in [5.41, 5.74) is 1.02. The molecular weight excluding hydrogens is 390 g/mol. The third-order valence-corrected chi connectivity index (χ3v) is 7.34. The van der Waals surface area contributed by atoms with E-state index in [1.165, 1.54) is 23.1 Å². The van der Waals surface area contributed by atoms with Crippen LogP contribution in [0.2, 0.25) is 0 Å². The Labute approximate surface area is 172 Å². The molecule has 146 valence electrons. The summed E-state index contributed by atoms with van der Waals surface area (Å²) in [5.74, 6) is 1.14. The summed E-state index contributed by atoms with van der Waals surface area (Å²) in [6.45, 7) is 3.89. The predicted molar refractivity (Wildman–Crippen MR) is 116 cm³/mol. The Morgan fingerprint density at radius 2 is 1.96 bits per heavy atom. The van der Waals surface area contributed by atoms with Crippen molar-refractivity contribution in [1.29, 1.82) is 0 Å². The lowest BCUT2D eigenvalue weighted by Crippen LogP contribution is -2.39. The van der Waals surface area contributed by atoms with Gasteiger partial charge in [-0.2, -0.15) is 0 Å². The molecule has 4 rings (SSSR count). The lowest BCUT2D eigenvalue weighted by atomic mass is 9.99. The van der Waals surface area contributed by atoms with Crippen LogP contribution in [-0.4, -0.2) is 39.2 Å². The van der Waals surface area contributed by atoms with Crippen LogP contribution in [0, 0.1) is 5.92 Å². The summed E-state index contributed by atoms with van der Waals surface area (Å²) in [5, 5.41) is 1.23. The number of amides is 1. The average molecular weight is 414 g/mol. The normalized spacial score (nSPS) is 15.3. The van der Waals surface area contributed by atoms with Crippen LogP contribution < -0.4 is 5.56 Å². The summed E-state index contributed by atoms with van der Waals surface area (Å²) >= 11 is 2.87. The molecule has 1 fully saturated rings. The molecule has 1 saturated heterocycles. The summed E-state index contributed by atoms with van der Waals surface area (Å²) in [6.07, 6.45) is 2.13. The Hall–Kier alpha value is -2.12. The smallest absolute Gasteiger partial charge is 0.262 e. The van der Waals surface area contributed by atoms with Crippen LogP contribution in [0.3, 0.4) is 0 Å². The maximum absolute atomic E-state index is 12.8. The number of fused-ring (bicyclic) bond motifs is 1. The second-order valence-electron chi connectivity index (χ2n) is 7.31. The predicted octanol–water partition coefficient (Wildman–Crippen LogP) is 4.01. The Morgan fingerprint density at radius 3 is 2.68 bits per heavy atom. The second kappa shape index (κ2) is 8.09. The van der Waals surface area contributed by atoms with Gasteiger partial charge in [-0.05, 0) is 30.4 Å². The molecule has 0 N–H and O–H groups in total. The van der Waals surface area contributed by atoms with Gasteiger partial charge in [-0.25, -0.2) is 4.98 Å². The van der Waals surface area contributed by atoms with Crippen molar-refractivity contribution in [3.8, 4) is 10.4 Å². The van der Waals surface area contributed by atoms with Crippen molar-refractivity contribution >= 4 is 39.2 Å². The van der Waals surface area contributed by atoms with E-state index in [2.05, 4.69) is 11.9 Å². The van der Waals surface area contributed by atoms with E-state index in [1.807, 2.05) is 41.3 Å². The molecule has 1 amide bonds. The Balaban J connectivity index is 1.55. The standard InChI is InChI=1S/C21H23N3O2S2/c1-14-8-10-24(11-9-14)18(25)13-27-21-22-19-16(20(26)23(21)2)12-17(28-19)15-6-4-3-5-7-15/h3-7,12,14H,8-11,13H2,1-2H3. The largest absolute Gasteiger partial charge is 0.342 e. The number of nitrogens with zero attached hydrogens (tertiary/aromatic N) is 3. The van der Waals surface area contributed by atoms with Gasteiger partial charge in [-0.3, -0.25) is 14.2 Å². The van der Waals surface area contributed by atoms with Gasteiger partial charge in [0, 0.05) is 25.0 Å². The molecule has 0 aliphatic carbocycles. The van der Waals surface area contributed by atoms with Crippen molar-refractivity contribution in [2.75, 3.05) is 18.8 Å². The monoisotopic (exact) mass is 413 g/mol. The SMILES string of the molecule is CC1CCN(C(=O)CSc2nc3sc(-c4ccccc4)cc3c(=O)n2C)CC1. The molecule has 0 bridgehead atoms. The number of aromatic nitrogens is 2. The lowest BCUT2D eigenvalue weighted by molar-refractivity contribution is -0.129. The summed E-state index contributed by atoms with van der Waals surface area (Å²) in [7, 11) is 1.73. The first kappa shape index (κ1) is 19.2. The topological polar surface area (TPSA) is 55.2 Å². The quantitative estimate of drug-likeness (QED) is 0.479. The number of rotatable bonds is 4. The van der Waals surface area contributed by atoms with Crippen LogP contribution in [0.4, 0.5) is 0 Å². The minimum atomic E-state index is -0.0647. The van der Waals surface area contributed by atoms with Crippen LogP contribution >= 0.6 is 23.1 Å². The zero-order chi connectivity index (χ0) is 19.7. The number of carbonyl (C=O) groups excluding carboxylic acids is 1. The number of piperidine rings is 1. The van der Waals surface area contributed by atoms with Crippen molar-refractivity contribution < 1.29 is 4.79 Å². The van der Waals surface area contributed by atoms with E-state index in [9.17, 15) is 9.59 Å². The molecule has 0 spiro atoms. The lowest BCUT2D eigenvalue weighted by Gasteiger charge is -2.30. The van der Waals surface area contributed by atoms with Crippen molar-refractivity contribution in [2.24, 2.45) is 13.0 Å². The third-order valence-electron chi connectivity index (χ3n) is 5.25. The van der Waals surface area contributed by atoms with Gasteiger partial charge in [0.05, 0.1) is 11.1 Å². The van der Waals surface area contributed by atoms with E-state index in [1.54, 1.807) is 11.6 Å². The van der Waals surface area contributed by atoms with Crippen LogP contribution in [0.1, 0.15) is 19.8 Å². The maximum atomic E-state index is 12.8. The van der Waals surface area contributed by atoms with Crippen LogP contribution in [0.5, 0.6) is 0 Å². The minimum Gasteiger partial charge on any atom is -0.342 e. The maximum Gasteiger partial charge on any atom is 0.262 e. The number of likely N-dealkylation sites (tertiary alicyclic amines) is 1. The first-order valence-electron chi connectivity index (χ1n) is 9.49. The molecule has 0 radical (unpaired) electrons. The van der Waals surface area contributed by atoms with Gasteiger partial charge < -0.3 is 4.90 Å². The van der Waals surface area contributed by atoms with Gasteiger partial charge in [0.1, 0.15) is 4.83 Å². The van der Waals surface area contributed by atoms with Crippen LogP contribution in [-0.2, 0) is 11.8 Å². The fraction of sp³-hybridized carbons (Fsp3) is 0.381. The summed E-state index contributed by atoms with van der Waals surface area (Å²) in [6, 6.07) is 11.9. The number of hydrogen-bond acceptors (Lipinski definition) is 5. The molecule has 2 aromatic heterocycles. The minimum absolute atomic E-state index is 0.0647. The zero-order valence-corrected chi connectivity index (χ0v) is 17.7. The van der Waals surface area contributed by atoms with Crippen LogP contribution in [0.15, 0.2) is 46.3 Å². The molecule has 7 heteroatoms. The molecule has 3 aromatic rings. The molecule has 1 aliphatic rings. The Kier molecular flexibility index (Phi) is 5.55. The molecule has 3 heterocycles. The van der Waals surface area contributed by atoms with Crippen molar-refractivity contribution in [3.05, 3.63) is 46.8 Å². The number of hydrogen-bond donors (Lipinski definition) is 0. The number of thiophene rings is 1. The van der Waals surface area contributed by atoms with Gasteiger partial charge in [-0.1, -0.05) is 49.0 Å². The summed E-state index contributed by atoms with van der Waals surface area (Å²) in [4.78, 5) is 33.7. The molecule has 0 atom stereocenters. The van der Waals surface area contributed by atoms with Gasteiger partial charge in [0.2, 0.25) is 5.91 Å². The van der Waals surface area contributed by atoms with E-state index in [-0.39, 0.29) is 11.5 Å². The van der Waals surface area contributed by atoms with Gasteiger partial charge >= 0.3 is 0 Å². The number of carbonyl (C=O) groups is 1. The van der Waals surface area contributed by atoms with E-state index < -0.39 is 0 Å². The highest BCUT2D eigenvalue weighted by molar-refractivity contribution is 7.99. The third kappa shape index (κ3) is 3.86. The molecule has 0 unspecified atom stereocenters. The fourth-order valence-electron chi connectivity index (χ4n) is 3.40. The first-order valence-corrected chi connectivity index (χ1v) is 11.3. The molecule has 28 heavy (non-hydrogen) atoms. The van der Waals surface area contributed by atoms with E-state index in [0.29, 0.717) is 22.2 Å².